The van der Waals surface area contributed by atoms with Crippen LogP contribution in [0.25, 0.3) is 0 Å². The van der Waals surface area contributed by atoms with Crippen LogP contribution in [0.1, 0.15) is 18.4 Å². The Kier molecular flexibility index (Phi) is 7.74. The van der Waals surface area contributed by atoms with E-state index >= 15 is 0 Å². The lowest BCUT2D eigenvalue weighted by Gasteiger charge is -2.07. The second-order valence-corrected chi connectivity index (χ2v) is 3.63. The lowest BCUT2D eigenvalue weighted by Crippen LogP contribution is -2.30. The number of rotatable bonds is 6. The molecule has 5 nitrogen and oxygen atoms in total. The van der Waals surface area contributed by atoms with Gasteiger partial charge in [-0.3, -0.25) is 9.59 Å². The van der Waals surface area contributed by atoms with E-state index in [9.17, 15) is 9.59 Å². The number of carboxylic acids is 1. The van der Waals surface area contributed by atoms with Crippen LogP contribution >= 0.6 is 12.4 Å². The van der Waals surface area contributed by atoms with Crippen LogP contribution in [0.3, 0.4) is 0 Å². The summed E-state index contributed by atoms with van der Waals surface area (Å²) in [7, 11) is 0. The molecule has 6 heteroatoms. The standard InChI is InChI=1S/C12H15NO4.ClH/c13-10(12(15)16)6-7-11(14)17-8-9-4-2-1-3-5-9;/h1-5,10H,6-8,13H2,(H,15,16);1H/t10-;/m0./s1. The molecule has 0 spiro atoms. The molecule has 0 heterocycles. The van der Waals surface area contributed by atoms with Crippen molar-refractivity contribution < 1.29 is 19.4 Å². The maximum absolute atomic E-state index is 11.3. The fraction of sp³-hybridized carbons (Fsp3) is 0.333. The average molecular weight is 274 g/mol. The van der Waals surface area contributed by atoms with Crippen LogP contribution in [0.5, 0.6) is 0 Å². The van der Waals surface area contributed by atoms with Gasteiger partial charge in [-0.1, -0.05) is 30.3 Å². The molecule has 0 aromatic heterocycles. The molecule has 0 saturated carbocycles. The maximum atomic E-state index is 11.3. The van der Waals surface area contributed by atoms with Crippen LogP contribution in [0.2, 0.25) is 0 Å². The quantitative estimate of drug-likeness (QED) is 0.764. The third-order valence-electron chi connectivity index (χ3n) is 2.22. The van der Waals surface area contributed by atoms with E-state index < -0.39 is 18.0 Å². The van der Waals surface area contributed by atoms with Gasteiger partial charge < -0.3 is 15.6 Å². The normalized spacial score (nSPS) is 11.2. The van der Waals surface area contributed by atoms with E-state index in [0.717, 1.165) is 5.56 Å². The van der Waals surface area contributed by atoms with Gasteiger partial charge in [0, 0.05) is 6.42 Å². The first-order chi connectivity index (χ1) is 8.09. The Morgan fingerprint density at radius 1 is 1.28 bits per heavy atom. The van der Waals surface area contributed by atoms with E-state index in [1.807, 2.05) is 30.3 Å². The van der Waals surface area contributed by atoms with Crippen LogP contribution in [0, 0.1) is 0 Å². The lowest BCUT2D eigenvalue weighted by atomic mass is 10.2. The first-order valence-corrected chi connectivity index (χ1v) is 5.27. The van der Waals surface area contributed by atoms with Gasteiger partial charge in [-0.05, 0) is 12.0 Å². The summed E-state index contributed by atoms with van der Waals surface area (Å²) in [5.41, 5.74) is 6.16. The zero-order valence-electron chi connectivity index (χ0n) is 9.74. The molecule has 1 atom stereocenters. The summed E-state index contributed by atoms with van der Waals surface area (Å²) < 4.78 is 4.97. The summed E-state index contributed by atoms with van der Waals surface area (Å²) in [5, 5.41) is 8.53. The summed E-state index contributed by atoms with van der Waals surface area (Å²) in [6.07, 6.45) is 0.100. The van der Waals surface area contributed by atoms with Crippen molar-refractivity contribution >= 4 is 24.3 Å². The van der Waals surface area contributed by atoms with E-state index in [0.29, 0.717) is 0 Å². The molecule has 0 aliphatic heterocycles. The molecule has 0 fully saturated rings. The first kappa shape index (κ1) is 16.4. The van der Waals surface area contributed by atoms with E-state index in [2.05, 4.69) is 0 Å². The monoisotopic (exact) mass is 273 g/mol. The highest BCUT2D eigenvalue weighted by Crippen LogP contribution is 2.03. The van der Waals surface area contributed by atoms with Crippen molar-refractivity contribution in [3.05, 3.63) is 35.9 Å². The average Bonchev–Trinajstić information content (AvgIpc) is 2.34. The summed E-state index contributed by atoms with van der Waals surface area (Å²) in [4.78, 5) is 21.7. The Hall–Kier alpha value is -1.59. The first-order valence-electron chi connectivity index (χ1n) is 5.27. The van der Waals surface area contributed by atoms with Gasteiger partial charge in [0.05, 0.1) is 0 Å². The van der Waals surface area contributed by atoms with Crippen molar-refractivity contribution in [3.63, 3.8) is 0 Å². The van der Waals surface area contributed by atoms with Gasteiger partial charge in [-0.15, -0.1) is 12.4 Å². The van der Waals surface area contributed by atoms with Gasteiger partial charge in [0.15, 0.2) is 0 Å². The van der Waals surface area contributed by atoms with E-state index in [-0.39, 0.29) is 31.9 Å². The zero-order valence-corrected chi connectivity index (χ0v) is 10.6. The lowest BCUT2D eigenvalue weighted by molar-refractivity contribution is -0.145. The molecule has 0 radical (unpaired) electrons. The Balaban J connectivity index is 0.00000289. The molecule has 0 unspecified atom stereocenters. The molecule has 100 valence electrons. The van der Waals surface area contributed by atoms with Gasteiger partial charge in [0.1, 0.15) is 12.6 Å². The third kappa shape index (κ3) is 6.22. The molecule has 0 aliphatic rings. The fourth-order valence-corrected chi connectivity index (χ4v) is 1.21. The number of aliphatic carboxylic acids is 1. The van der Waals surface area contributed by atoms with Crippen molar-refractivity contribution in [1.82, 2.24) is 0 Å². The summed E-state index contributed by atoms with van der Waals surface area (Å²) in [5.74, 6) is -1.55. The minimum Gasteiger partial charge on any atom is -0.480 e. The second kappa shape index (κ2) is 8.49. The number of ether oxygens (including phenoxy) is 1. The minimum atomic E-state index is -1.11. The number of benzene rings is 1. The highest BCUT2D eigenvalue weighted by Gasteiger charge is 2.13. The van der Waals surface area contributed by atoms with Crippen LogP contribution in [0.4, 0.5) is 0 Å². The molecule has 0 bridgehead atoms. The summed E-state index contributed by atoms with van der Waals surface area (Å²) in [6, 6.07) is 8.25. The van der Waals surface area contributed by atoms with E-state index in [4.69, 9.17) is 15.6 Å². The number of halogens is 1. The maximum Gasteiger partial charge on any atom is 0.320 e. The Morgan fingerprint density at radius 2 is 1.89 bits per heavy atom. The predicted molar refractivity (Wildman–Crippen MR) is 68.3 cm³/mol. The van der Waals surface area contributed by atoms with Crippen LogP contribution in [-0.4, -0.2) is 23.1 Å². The van der Waals surface area contributed by atoms with E-state index in [1.165, 1.54) is 0 Å². The second-order valence-electron chi connectivity index (χ2n) is 3.63. The Bertz CT molecular complexity index is 383. The highest BCUT2D eigenvalue weighted by atomic mass is 35.5. The van der Waals surface area contributed by atoms with Gasteiger partial charge >= 0.3 is 11.9 Å². The molecule has 0 amide bonds. The largest absolute Gasteiger partial charge is 0.480 e. The zero-order chi connectivity index (χ0) is 12.7. The van der Waals surface area contributed by atoms with E-state index in [1.54, 1.807) is 0 Å². The Labute approximate surface area is 111 Å². The molecule has 3 N–H and O–H groups in total. The van der Waals surface area contributed by atoms with Gasteiger partial charge in [0.2, 0.25) is 0 Å². The van der Waals surface area contributed by atoms with Crippen molar-refractivity contribution in [3.8, 4) is 0 Å². The predicted octanol–water partition coefficient (Wildman–Crippen LogP) is 1.34. The summed E-state index contributed by atoms with van der Waals surface area (Å²) >= 11 is 0. The highest BCUT2D eigenvalue weighted by molar-refractivity contribution is 5.85. The molecule has 18 heavy (non-hydrogen) atoms. The molecule has 1 aromatic carbocycles. The number of hydrogen-bond acceptors (Lipinski definition) is 4. The number of nitrogens with two attached hydrogens (primary N) is 1. The molecule has 0 saturated heterocycles. The van der Waals surface area contributed by atoms with Crippen LogP contribution in [0.15, 0.2) is 30.3 Å². The molecular formula is C12H16ClNO4. The number of carboxylic acid groups (broad SMARTS) is 1. The van der Waals surface area contributed by atoms with Crippen molar-refractivity contribution in [2.75, 3.05) is 0 Å². The number of esters is 1. The molecule has 0 aliphatic carbocycles. The van der Waals surface area contributed by atoms with Crippen molar-refractivity contribution in [1.29, 1.82) is 0 Å². The molecule has 1 rings (SSSR count). The number of carbonyl (C=O) groups is 2. The van der Waals surface area contributed by atoms with Crippen molar-refractivity contribution in [2.24, 2.45) is 5.73 Å². The van der Waals surface area contributed by atoms with Crippen LogP contribution < -0.4 is 5.73 Å². The van der Waals surface area contributed by atoms with Gasteiger partial charge in [-0.25, -0.2) is 0 Å². The molecule has 1 aromatic rings. The van der Waals surface area contributed by atoms with Crippen LogP contribution in [-0.2, 0) is 20.9 Å². The smallest absolute Gasteiger partial charge is 0.320 e. The third-order valence-corrected chi connectivity index (χ3v) is 2.22. The molecular weight excluding hydrogens is 258 g/mol. The minimum absolute atomic E-state index is 0. The van der Waals surface area contributed by atoms with Gasteiger partial charge in [0.25, 0.3) is 0 Å². The SMILES string of the molecule is Cl.N[C@@H](CCC(=O)OCc1ccccc1)C(=O)O. The topological polar surface area (TPSA) is 89.6 Å². The van der Waals surface area contributed by atoms with Crippen molar-refractivity contribution in [2.45, 2.75) is 25.5 Å². The van der Waals surface area contributed by atoms with Gasteiger partial charge in [-0.2, -0.15) is 0 Å². The Morgan fingerprint density at radius 3 is 2.44 bits per heavy atom. The number of carbonyl (C=O) groups excluding carboxylic acids is 1. The summed E-state index contributed by atoms with van der Waals surface area (Å²) in [6.45, 7) is 0.196. The number of hydrogen-bond donors (Lipinski definition) is 2. The fourth-order valence-electron chi connectivity index (χ4n) is 1.21.